The number of benzene rings is 2. The van der Waals surface area contributed by atoms with E-state index in [1.165, 1.54) is 26.4 Å². The smallest absolute Gasteiger partial charge is 0.393 e. The number of nitriles is 2. The Bertz CT molecular complexity index is 2420. The van der Waals surface area contributed by atoms with Crippen LogP contribution in [0.5, 0.6) is 0 Å². The molecule has 6 fully saturated rings. The summed E-state index contributed by atoms with van der Waals surface area (Å²) in [5.74, 6) is -2.82. The number of ether oxygens (including phenoxy) is 2. The predicted molar refractivity (Wildman–Crippen MR) is 238 cm³/mol. The normalized spacial score (nSPS) is 26.9. The lowest BCUT2D eigenvalue weighted by Crippen LogP contribution is -2.42. The molecule has 4 aliphatic carbocycles. The number of aliphatic hydroxyl groups excluding tert-OH is 2. The number of sulfone groups is 2. The van der Waals surface area contributed by atoms with Crippen molar-refractivity contribution in [3.63, 3.8) is 0 Å². The number of methoxy groups -OCH3 is 2. The van der Waals surface area contributed by atoms with Gasteiger partial charge in [-0.3, -0.25) is 9.59 Å². The zero-order chi connectivity index (χ0) is 51.2. The van der Waals surface area contributed by atoms with Crippen LogP contribution in [0.3, 0.4) is 0 Å². The third-order valence-electron chi connectivity index (χ3n) is 14.5. The van der Waals surface area contributed by atoms with E-state index in [1.54, 1.807) is 9.80 Å². The number of carbonyl (C=O) groups excluding carboxylic acids is 2. The molecule has 2 aromatic carbocycles. The topological polar surface area (TPSA) is 239 Å². The van der Waals surface area contributed by atoms with Crippen molar-refractivity contribution >= 4 is 42.9 Å². The van der Waals surface area contributed by atoms with E-state index in [0.717, 1.165) is 24.3 Å². The molecule has 0 radical (unpaired) electrons. The summed E-state index contributed by atoms with van der Waals surface area (Å²) in [5.41, 5.74) is -3.90. The number of piperidine rings is 2. The first-order chi connectivity index (χ1) is 32.8. The van der Waals surface area contributed by atoms with Crippen molar-refractivity contribution in [2.24, 2.45) is 11.8 Å². The number of alkyl halides is 6. The van der Waals surface area contributed by atoms with Crippen LogP contribution in [-0.4, -0.2) is 125 Å². The van der Waals surface area contributed by atoms with Crippen molar-refractivity contribution in [2.75, 3.05) is 50.2 Å². The molecule has 6 atom stereocenters. The zero-order valence-corrected chi connectivity index (χ0v) is 40.1. The van der Waals surface area contributed by atoms with Crippen molar-refractivity contribution in [1.29, 1.82) is 10.5 Å². The van der Waals surface area contributed by atoms with Crippen molar-refractivity contribution in [1.82, 2.24) is 10.6 Å². The molecule has 16 nitrogen and oxygen atoms in total. The SMILES string of the molecule is CO[C@@H]1C[C@H](S(=O)(=O)c2ccc(N3CCC(O)CC3)cc2C(F)(F)F)C[C@H]1C(=O)NC1(C#N)CC1.CO[C@H]1C[C@@H](S(=O)(=O)c2ccc(N3CCC(O)CC3)cc2C(F)(F)F)C[C@@H]1C(=O)NC1(C#N)CC1. The number of carbonyl (C=O) groups is 2. The van der Waals surface area contributed by atoms with E-state index in [9.17, 15) is 73.5 Å². The van der Waals surface area contributed by atoms with Crippen molar-refractivity contribution in [3.8, 4) is 12.1 Å². The monoisotopic (exact) mass is 1030 g/mol. The van der Waals surface area contributed by atoms with Gasteiger partial charge in [0, 0.05) is 51.8 Å². The second-order valence-corrected chi connectivity index (χ2v) is 23.6. The number of anilines is 2. The Morgan fingerprint density at radius 2 is 0.957 bits per heavy atom. The molecule has 0 spiro atoms. The first-order valence-electron chi connectivity index (χ1n) is 23.1. The van der Waals surface area contributed by atoms with Gasteiger partial charge in [0.15, 0.2) is 19.7 Å². The van der Waals surface area contributed by atoms with Crippen LogP contribution in [0.4, 0.5) is 37.7 Å². The summed E-state index contributed by atoms with van der Waals surface area (Å²) in [4.78, 5) is 27.3. The van der Waals surface area contributed by atoms with Gasteiger partial charge in [0.2, 0.25) is 11.8 Å². The van der Waals surface area contributed by atoms with Crippen LogP contribution in [0.25, 0.3) is 0 Å². The fraction of sp³-hybridized carbons (Fsp3) is 0.652. The fourth-order valence-corrected chi connectivity index (χ4v) is 13.9. The first-order valence-corrected chi connectivity index (χ1v) is 26.2. The molecule has 24 heteroatoms. The Labute approximate surface area is 402 Å². The molecule has 2 saturated heterocycles. The van der Waals surface area contributed by atoms with Gasteiger partial charge in [0.05, 0.1) is 79.8 Å². The van der Waals surface area contributed by atoms with E-state index >= 15 is 0 Å². The number of rotatable bonds is 12. The number of nitrogens with zero attached hydrogens (tertiary/aromatic N) is 4. The van der Waals surface area contributed by atoms with Gasteiger partial charge in [-0.15, -0.1) is 0 Å². The number of nitrogens with one attached hydrogen (secondary N) is 2. The molecule has 8 rings (SSSR count). The number of hydrogen-bond acceptors (Lipinski definition) is 14. The van der Waals surface area contributed by atoms with Gasteiger partial charge in [0.25, 0.3) is 0 Å². The molecule has 0 bridgehead atoms. The highest BCUT2D eigenvalue weighted by molar-refractivity contribution is 7.92. The number of hydrogen-bond donors (Lipinski definition) is 4. The van der Waals surface area contributed by atoms with Crippen LogP contribution in [0.15, 0.2) is 46.2 Å². The number of halogens is 6. The highest BCUT2D eigenvalue weighted by atomic mass is 32.2. The second kappa shape index (κ2) is 20.1. The molecule has 2 aromatic rings. The van der Waals surface area contributed by atoms with Crippen LogP contribution in [0.2, 0.25) is 0 Å². The molecule has 2 amide bonds. The third kappa shape index (κ3) is 11.3. The Hall–Kier alpha value is -4.72. The lowest BCUT2D eigenvalue weighted by molar-refractivity contribution is -0.140. The van der Waals surface area contributed by atoms with Crippen molar-refractivity contribution in [2.45, 2.75) is 145 Å². The number of amides is 2. The summed E-state index contributed by atoms with van der Waals surface area (Å²) >= 11 is 0. The summed E-state index contributed by atoms with van der Waals surface area (Å²) in [6.07, 6.45) is -9.40. The largest absolute Gasteiger partial charge is 0.417 e. The molecule has 6 aliphatic rings. The minimum atomic E-state index is -4.91. The number of aliphatic hydroxyl groups is 2. The summed E-state index contributed by atoms with van der Waals surface area (Å²) < 4.78 is 148. The molecule has 2 aliphatic heterocycles. The predicted octanol–water partition coefficient (Wildman–Crippen LogP) is 4.81. The van der Waals surface area contributed by atoms with Gasteiger partial charge in [-0.2, -0.15) is 36.9 Å². The molecule has 4 saturated carbocycles. The molecule has 0 aromatic heterocycles. The Morgan fingerprint density at radius 3 is 1.23 bits per heavy atom. The van der Waals surface area contributed by atoms with Crippen molar-refractivity contribution in [3.05, 3.63) is 47.5 Å². The maximum Gasteiger partial charge on any atom is 0.417 e. The standard InChI is InChI=1S/2C23H28F3N3O5S/c2*1-34-19-12-16(11-17(19)21(31)28-22(13-27)6-7-22)35(32,33)20-3-2-14(10-18(20)23(24,25)26)29-8-4-15(30)5-9-29/h2*2-3,10,15-17,19,30H,4-9,11-12H2,1H3,(H,28,31)/t2*16-,17-,19-/m10/s1. The molecule has 2 heterocycles. The summed E-state index contributed by atoms with van der Waals surface area (Å²) in [6.45, 7) is 1.46. The Balaban J connectivity index is 0.000000206. The highest BCUT2D eigenvalue weighted by Crippen LogP contribution is 2.45. The summed E-state index contributed by atoms with van der Waals surface area (Å²) in [7, 11) is -6.27. The van der Waals surface area contributed by atoms with E-state index in [-0.39, 0.29) is 37.1 Å². The molecular formula is C46H56F6N6O10S2. The van der Waals surface area contributed by atoms with Gasteiger partial charge >= 0.3 is 12.4 Å². The van der Waals surface area contributed by atoms with Gasteiger partial charge in [-0.1, -0.05) is 0 Å². The molecule has 0 unspecified atom stereocenters. The molecular weight excluding hydrogens is 975 g/mol. The lowest BCUT2D eigenvalue weighted by Gasteiger charge is -2.32. The minimum Gasteiger partial charge on any atom is -0.393 e. The van der Waals surface area contributed by atoms with Crippen LogP contribution >= 0.6 is 0 Å². The average molecular weight is 1030 g/mol. The molecule has 384 valence electrons. The molecule has 4 N–H and O–H groups in total. The summed E-state index contributed by atoms with van der Waals surface area (Å²) in [5, 5.41) is 40.6. The fourth-order valence-electron chi connectivity index (χ4n) is 9.90. The van der Waals surface area contributed by atoms with Crippen molar-refractivity contribution < 1.29 is 72.5 Å². The maximum absolute atomic E-state index is 14.0. The van der Waals surface area contributed by atoms with Crippen LogP contribution < -0.4 is 20.4 Å². The lowest BCUT2D eigenvalue weighted by atomic mass is 10.0. The van der Waals surface area contributed by atoms with Gasteiger partial charge in [-0.05, 0) is 113 Å². The average Bonchev–Trinajstić information content (AvgIpc) is 4.17. The van der Waals surface area contributed by atoms with Crippen LogP contribution in [-0.2, 0) is 51.1 Å². The zero-order valence-electron chi connectivity index (χ0n) is 38.4. The van der Waals surface area contributed by atoms with Gasteiger partial charge in [0.1, 0.15) is 11.1 Å². The molecule has 70 heavy (non-hydrogen) atoms. The van der Waals surface area contributed by atoms with Gasteiger partial charge < -0.3 is 40.1 Å². The van der Waals surface area contributed by atoms with E-state index in [4.69, 9.17) is 9.47 Å². The maximum atomic E-state index is 14.0. The summed E-state index contributed by atoms with van der Waals surface area (Å²) in [6, 6.07) is 10.5. The second-order valence-electron chi connectivity index (χ2n) is 19.2. The van der Waals surface area contributed by atoms with E-state index in [0.29, 0.717) is 77.5 Å². The van der Waals surface area contributed by atoms with Gasteiger partial charge in [-0.25, -0.2) is 16.8 Å². The van der Waals surface area contributed by atoms with E-state index in [2.05, 4.69) is 10.6 Å². The third-order valence-corrected chi connectivity index (χ3v) is 19.0. The highest BCUT2D eigenvalue weighted by Gasteiger charge is 2.53. The van der Waals surface area contributed by atoms with E-state index < -0.39 is 123 Å². The quantitative estimate of drug-likeness (QED) is 0.209. The Morgan fingerprint density at radius 1 is 0.629 bits per heavy atom. The van der Waals surface area contributed by atoms with Crippen LogP contribution in [0.1, 0.15) is 88.2 Å². The van der Waals surface area contributed by atoms with Crippen LogP contribution in [0, 0.1) is 34.5 Å². The minimum absolute atomic E-state index is 0.125. The van der Waals surface area contributed by atoms with E-state index in [1.807, 2.05) is 12.1 Å². The Kier molecular flexibility index (Phi) is 15.2. The first kappa shape index (κ1) is 53.1.